The van der Waals surface area contributed by atoms with Gasteiger partial charge in [-0.05, 0) is 36.8 Å². The van der Waals surface area contributed by atoms with Gasteiger partial charge in [0, 0.05) is 0 Å². The quantitative estimate of drug-likeness (QED) is 0.247. The average Bonchev–Trinajstić information content (AvgIpc) is 2.54. The minimum Gasteiger partial charge on any atom is -0.871 e. The Morgan fingerprint density at radius 3 is 2.37 bits per heavy atom. The molecule has 0 spiro atoms. The van der Waals surface area contributed by atoms with Gasteiger partial charge in [0.1, 0.15) is 5.75 Å². The molecule has 138 valence electrons. The van der Waals surface area contributed by atoms with Crippen molar-refractivity contribution in [1.82, 2.24) is 0 Å². The van der Waals surface area contributed by atoms with Gasteiger partial charge in [0.05, 0.1) is 34.6 Å². The monoisotopic (exact) mass is 403 g/mol. The summed E-state index contributed by atoms with van der Waals surface area (Å²) in [6.45, 7) is 1.70. The molecular formula is C15H14N3NaO7S. The summed E-state index contributed by atoms with van der Waals surface area (Å²) in [7, 11) is -3.49. The molecular weight excluding hydrogens is 389 g/mol. The fourth-order valence-electron chi connectivity index (χ4n) is 2.08. The van der Waals surface area contributed by atoms with Gasteiger partial charge in [-0.3, -0.25) is 4.55 Å². The van der Waals surface area contributed by atoms with Gasteiger partial charge >= 0.3 is 35.5 Å². The first-order valence-corrected chi connectivity index (χ1v) is 8.40. The number of nitrogens with two attached hydrogens (primary N) is 1. The number of hydrogen-bond acceptors (Lipinski definition) is 8. The predicted octanol–water partition coefficient (Wildman–Crippen LogP) is -0.976. The number of methoxy groups -OCH3 is 1. The van der Waals surface area contributed by atoms with Crippen LogP contribution in [0.2, 0.25) is 0 Å². The molecule has 0 aliphatic rings. The van der Waals surface area contributed by atoms with Crippen molar-refractivity contribution in [2.75, 3.05) is 12.8 Å². The SMILES string of the molecule is COc1cc(C)c(N=Nc2cc(C(=O)O)c([O-])c(S(=O)(=O)O)c2)cc1N.[Na+]. The van der Waals surface area contributed by atoms with Gasteiger partial charge in [-0.2, -0.15) is 18.6 Å². The number of ether oxygens (including phenoxy) is 1. The standard InChI is InChI=1S/C15H15N3O7S.Na/c1-7-3-12(25-2)10(16)6-11(7)18-17-8-4-9(15(20)21)14(19)13(5-8)26(22,23)24;/h3-6,19H,16H2,1-2H3,(H,20,21)(H,22,23,24);/q;+1/p-1. The summed E-state index contributed by atoms with van der Waals surface area (Å²) >= 11 is 0. The van der Waals surface area contributed by atoms with Crippen LogP contribution in [-0.2, 0) is 10.1 Å². The van der Waals surface area contributed by atoms with Crippen molar-refractivity contribution >= 4 is 33.1 Å². The molecule has 0 radical (unpaired) electrons. The Morgan fingerprint density at radius 1 is 1.22 bits per heavy atom. The van der Waals surface area contributed by atoms with Crippen LogP contribution in [0.5, 0.6) is 11.5 Å². The van der Waals surface area contributed by atoms with Crippen molar-refractivity contribution in [3.05, 3.63) is 35.4 Å². The normalized spacial score (nSPS) is 11.2. The van der Waals surface area contributed by atoms with Crippen LogP contribution in [0.15, 0.2) is 39.4 Å². The van der Waals surface area contributed by atoms with Crippen molar-refractivity contribution in [2.24, 2.45) is 10.2 Å². The number of azo groups is 1. The zero-order valence-corrected chi connectivity index (χ0v) is 17.4. The minimum atomic E-state index is -4.93. The van der Waals surface area contributed by atoms with E-state index in [2.05, 4.69) is 10.2 Å². The Labute approximate surface area is 176 Å². The zero-order chi connectivity index (χ0) is 19.6. The van der Waals surface area contributed by atoms with Crippen molar-refractivity contribution < 1.29 is 62.3 Å². The third-order valence-electron chi connectivity index (χ3n) is 3.37. The molecule has 0 aliphatic heterocycles. The van der Waals surface area contributed by atoms with Crippen molar-refractivity contribution in [3.8, 4) is 11.5 Å². The average molecular weight is 403 g/mol. The Bertz CT molecular complexity index is 1020. The van der Waals surface area contributed by atoms with E-state index in [0.29, 0.717) is 17.0 Å². The van der Waals surface area contributed by atoms with Crippen LogP contribution in [-0.4, -0.2) is 31.2 Å². The molecule has 0 aromatic heterocycles. The number of carboxylic acids is 1. The first kappa shape index (κ1) is 22.9. The number of rotatable bonds is 5. The maximum absolute atomic E-state index is 11.8. The zero-order valence-electron chi connectivity index (χ0n) is 14.6. The van der Waals surface area contributed by atoms with Gasteiger partial charge < -0.3 is 20.7 Å². The third kappa shape index (κ3) is 5.17. The number of aromatic carboxylic acids is 1. The molecule has 2 aromatic rings. The Hall–Kier alpha value is -2.18. The Balaban J connectivity index is 0.00000364. The second-order valence-corrected chi connectivity index (χ2v) is 6.57. The summed E-state index contributed by atoms with van der Waals surface area (Å²) < 4.78 is 36.7. The van der Waals surface area contributed by atoms with E-state index >= 15 is 0 Å². The van der Waals surface area contributed by atoms with Gasteiger partial charge in [-0.25, -0.2) is 4.79 Å². The number of hydrogen-bond donors (Lipinski definition) is 3. The van der Waals surface area contributed by atoms with E-state index in [1.54, 1.807) is 13.0 Å². The molecule has 2 aromatic carbocycles. The minimum absolute atomic E-state index is 0. The van der Waals surface area contributed by atoms with E-state index in [-0.39, 0.29) is 40.9 Å². The van der Waals surface area contributed by atoms with E-state index in [0.717, 1.165) is 12.1 Å². The summed E-state index contributed by atoms with van der Waals surface area (Å²) in [6, 6.07) is 4.65. The first-order chi connectivity index (χ1) is 12.0. The molecule has 0 atom stereocenters. The number of anilines is 1. The number of nitrogen functional groups attached to an aromatic ring is 1. The van der Waals surface area contributed by atoms with Crippen LogP contribution >= 0.6 is 0 Å². The van der Waals surface area contributed by atoms with Gasteiger partial charge in [0.25, 0.3) is 10.1 Å². The van der Waals surface area contributed by atoms with Gasteiger partial charge in [-0.1, -0.05) is 5.75 Å². The fraction of sp³-hybridized carbons (Fsp3) is 0.133. The van der Waals surface area contributed by atoms with E-state index in [1.807, 2.05) is 0 Å². The van der Waals surface area contributed by atoms with Crippen LogP contribution in [0.25, 0.3) is 0 Å². The second-order valence-electron chi connectivity index (χ2n) is 5.18. The maximum Gasteiger partial charge on any atom is 1.00 e. The van der Waals surface area contributed by atoms with E-state index in [9.17, 15) is 18.3 Å². The number of nitrogens with zero attached hydrogens (tertiary/aromatic N) is 2. The fourth-order valence-corrected chi connectivity index (χ4v) is 2.69. The summed E-state index contributed by atoms with van der Waals surface area (Å²) in [4.78, 5) is 10.0. The number of carbonyl (C=O) groups is 1. The Morgan fingerprint density at radius 2 is 1.85 bits per heavy atom. The summed E-state index contributed by atoms with van der Waals surface area (Å²) in [6.07, 6.45) is 0. The molecule has 2 rings (SSSR count). The van der Waals surface area contributed by atoms with Crippen LogP contribution in [0, 0.1) is 6.92 Å². The molecule has 4 N–H and O–H groups in total. The third-order valence-corrected chi connectivity index (χ3v) is 4.23. The van der Waals surface area contributed by atoms with Gasteiger partial charge in [-0.15, -0.1) is 0 Å². The molecule has 0 amide bonds. The molecule has 27 heavy (non-hydrogen) atoms. The smallest absolute Gasteiger partial charge is 0.871 e. The molecule has 0 bridgehead atoms. The molecule has 0 saturated heterocycles. The van der Waals surface area contributed by atoms with Gasteiger partial charge in [0.2, 0.25) is 0 Å². The molecule has 0 saturated carbocycles. The largest absolute Gasteiger partial charge is 1.00 e. The number of benzene rings is 2. The summed E-state index contributed by atoms with van der Waals surface area (Å²) in [5, 5.41) is 28.5. The second kappa shape index (κ2) is 8.67. The molecule has 0 aliphatic carbocycles. The molecule has 0 unspecified atom stereocenters. The molecule has 0 fully saturated rings. The van der Waals surface area contributed by atoms with Crippen LogP contribution in [0.3, 0.4) is 0 Å². The molecule has 12 heteroatoms. The molecule has 10 nitrogen and oxygen atoms in total. The molecule has 0 heterocycles. The van der Waals surface area contributed by atoms with Crippen molar-refractivity contribution in [2.45, 2.75) is 11.8 Å². The predicted molar refractivity (Wildman–Crippen MR) is 89.0 cm³/mol. The topological polar surface area (TPSA) is 175 Å². The van der Waals surface area contributed by atoms with E-state index in [4.69, 9.17) is 20.1 Å². The maximum atomic E-state index is 11.8. The van der Waals surface area contributed by atoms with E-state index in [1.165, 1.54) is 13.2 Å². The van der Waals surface area contributed by atoms with Crippen molar-refractivity contribution in [1.29, 1.82) is 0 Å². The van der Waals surface area contributed by atoms with E-state index < -0.39 is 32.3 Å². The first-order valence-electron chi connectivity index (χ1n) is 6.96. The Kier molecular flexibility index (Phi) is 7.34. The summed E-state index contributed by atoms with van der Waals surface area (Å²) in [5.74, 6) is -2.58. The van der Waals surface area contributed by atoms with Crippen LogP contribution in [0.1, 0.15) is 15.9 Å². The number of carboxylic acid groups (broad SMARTS) is 1. The van der Waals surface area contributed by atoms with Gasteiger partial charge in [0.15, 0.2) is 0 Å². The summed E-state index contributed by atoms with van der Waals surface area (Å²) in [5.41, 5.74) is 5.91. The van der Waals surface area contributed by atoms with Crippen LogP contribution < -0.4 is 45.1 Å². The van der Waals surface area contributed by atoms with Crippen molar-refractivity contribution in [3.63, 3.8) is 0 Å². The number of aryl methyl sites for hydroxylation is 1. The van der Waals surface area contributed by atoms with Crippen LogP contribution in [0.4, 0.5) is 17.1 Å².